The average molecular weight is 266 g/mol. The van der Waals surface area contributed by atoms with Crippen molar-refractivity contribution in [1.82, 2.24) is 0 Å². The third-order valence-corrected chi connectivity index (χ3v) is 5.42. The minimum absolute atomic E-state index is 0.669. The Morgan fingerprint density at radius 1 is 1.17 bits per heavy atom. The van der Waals surface area contributed by atoms with Crippen molar-refractivity contribution in [3.05, 3.63) is 29.8 Å². The van der Waals surface area contributed by atoms with Gasteiger partial charge < -0.3 is 0 Å². The van der Waals surface area contributed by atoms with E-state index in [0.29, 0.717) is 4.43 Å². The van der Waals surface area contributed by atoms with Crippen LogP contribution in [0.25, 0.3) is 0 Å². The molecule has 1 aromatic rings. The van der Waals surface area contributed by atoms with Crippen LogP contribution >= 0.6 is 30.1 Å². The fourth-order valence-electron chi connectivity index (χ4n) is 0.948. The third kappa shape index (κ3) is 2.53. The van der Waals surface area contributed by atoms with Crippen LogP contribution < -0.4 is 9.14 Å². The van der Waals surface area contributed by atoms with Crippen molar-refractivity contribution >= 4 is 34.6 Å². The van der Waals surface area contributed by atoms with Crippen LogP contribution in [0.4, 0.5) is 0 Å². The fraction of sp³-hybridized carbons (Fsp3) is 0.143. The summed E-state index contributed by atoms with van der Waals surface area (Å²) < 4.78 is 6.33. The average Bonchev–Trinajstić information content (AvgIpc) is 1.84. The van der Waals surface area contributed by atoms with Gasteiger partial charge in [-0.3, -0.25) is 0 Å². The van der Waals surface area contributed by atoms with Gasteiger partial charge in [-0.15, -0.1) is 0 Å². The van der Waals surface area contributed by atoms with Crippen molar-refractivity contribution < 1.29 is 9.46 Å². The number of rotatable bonds is 1. The molecule has 5 heteroatoms. The van der Waals surface area contributed by atoms with Gasteiger partial charge in [-0.25, -0.2) is 0 Å². The van der Waals surface area contributed by atoms with Crippen LogP contribution in [0.2, 0.25) is 0 Å². The molecule has 0 amide bonds. The van der Waals surface area contributed by atoms with Crippen LogP contribution in [0.5, 0.6) is 0 Å². The van der Waals surface area contributed by atoms with Crippen LogP contribution in [-0.4, -0.2) is 0 Å². The molecule has 0 aromatic heterocycles. The van der Waals surface area contributed by atoms with Gasteiger partial charge in [0, 0.05) is 0 Å². The van der Waals surface area contributed by atoms with Gasteiger partial charge in [0.05, 0.1) is 0 Å². The van der Waals surface area contributed by atoms with Crippen LogP contribution in [0, 0.1) is 6.92 Å². The summed E-state index contributed by atoms with van der Waals surface area (Å²) in [6.07, 6.45) is 0. The molecule has 2 N–H and O–H groups in total. The van der Waals surface area contributed by atoms with Gasteiger partial charge in [0.1, 0.15) is 0 Å². The van der Waals surface area contributed by atoms with Crippen LogP contribution in [0.15, 0.2) is 24.3 Å². The van der Waals surface area contributed by atoms with Crippen molar-refractivity contribution in [3.8, 4) is 0 Å². The van der Waals surface area contributed by atoms with E-state index in [-0.39, 0.29) is 0 Å². The Kier molecular flexibility index (Phi) is 2.72. The second kappa shape index (κ2) is 3.06. The topological polar surface area (TPSA) is 26.0 Å². The molecular weight excluding hydrogens is 256 g/mol. The summed E-state index contributed by atoms with van der Waals surface area (Å²) in [4.78, 5) is 0. The molecule has 0 spiro atoms. The van der Waals surface area contributed by atoms with E-state index in [2.05, 4.69) is 0 Å². The van der Waals surface area contributed by atoms with Gasteiger partial charge in [0.2, 0.25) is 0 Å². The minimum atomic E-state index is -4.01. The number of nitrogens with two attached hydrogens (primary N) is 1. The maximum atomic E-state index is 5.89. The van der Waals surface area contributed by atoms with Gasteiger partial charge in [-0.1, -0.05) is 0 Å². The molecule has 0 aliphatic heterocycles. The molecule has 0 aliphatic rings. The summed E-state index contributed by atoms with van der Waals surface area (Å²) in [6.45, 7) is 1.88. The first kappa shape index (κ1) is 10.7. The van der Waals surface area contributed by atoms with E-state index in [0.717, 1.165) is 5.56 Å². The summed E-state index contributed by atoms with van der Waals surface area (Å²) in [7, 11) is 13.7. The van der Waals surface area contributed by atoms with Crippen LogP contribution in [0.3, 0.4) is 0 Å². The molecule has 1 rings (SSSR count). The quantitative estimate of drug-likeness (QED) is 0.830. The van der Waals surface area contributed by atoms with Gasteiger partial charge >= 0.3 is 85.5 Å². The van der Waals surface area contributed by atoms with Crippen molar-refractivity contribution in [2.24, 2.45) is 4.72 Å². The standard InChI is InChI=1S/C7H7.3ClH.Cr.H2N/c1-7-5-3-2-4-6-7;;;;;/h2-5H,1H3;3*1H;;1H2/q;;;;+4;-1/p-3. The summed E-state index contributed by atoms with van der Waals surface area (Å²) >= 11 is 0. The molecule has 0 bridgehead atoms. The summed E-state index contributed by atoms with van der Waals surface area (Å²) in [5.41, 5.74) is 0.931. The third-order valence-electron chi connectivity index (χ3n) is 1.47. The van der Waals surface area contributed by atoms with Gasteiger partial charge in [0.25, 0.3) is 0 Å². The Morgan fingerprint density at radius 3 is 2.00 bits per heavy atom. The molecule has 0 fully saturated rings. The van der Waals surface area contributed by atoms with Gasteiger partial charge in [0.15, 0.2) is 0 Å². The number of hydrogen-bond acceptors (Lipinski definition) is 1. The molecule has 0 unspecified atom stereocenters. The van der Waals surface area contributed by atoms with E-state index >= 15 is 0 Å². The number of halogens is 3. The molecule has 1 aromatic carbocycles. The SMILES string of the molecule is Cc1cccc[c]1[Cr]([NH2])([Cl])([Cl])[Cl]. The predicted molar refractivity (Wildman–Crippen MR) is 52.6 cm³/mol. The molecule has 0 aliphatic carbocycles. The van der Waals surface area contributed by atoms with Gasteiger partial charge in [-0.05, 0) is 0 Å². The van der Waals surface area contributed by atoms with Gasteiger partial charge in [-0.2, -0.15) is 0 Å². The summed E-state index contributed by atoms with van der Waals surface area (Å²) in [5, 5.41) is 0. The molecule has 0 radical (unpaired) electrons. The monoisotopic (exact) mass is 264 g/mol. The van der Waals surface area contributed by atoms with Crippen molar-refractivity contribution in [2.45, 2.75) is 6.92 Å². The summed E-state index contributed by atoms with van der Waals surface area (Å²) in [5.74, 6) is 0. The Bertz CT molecular complexity index is 296. The van der Waals surface area contributed by atoms with E-state index in [1.807, 2.05) is 25.1 Å². The normalized spacial score (nSPS) is 15.2. The first-order valence-corrected chi connectivity index (χ1v) is 9.87. The fourth-order valence-corrected chi connectivity index (χ4v) is 4.54. The zero-order valence-corrected chi connectivity index (χ0v) is 9.97. The Labute approximate surface area is 85.2 Å². The first-order valence-electron chi connectivity index (χ1n) is 3.23. The van der Waals surface area contributed by atoms with Crippen molar-refractivity contribution in [1.29, 1.82) is 0 Å². The van der Waals surface area contributed by atoms with Crippen molar-refractivity contribution in [3.63, 3.8) is 0 Å². The first-order chi connectivity index (χ1) is 5.27. The molecule has 0 heterocycles. The maximum absolute atomic E-state index is 5.89. The summed E-state index contributed by atoms with van der Waals surface area (Å²) in [6, 6.07) is 7.35. The van der Waals surface area contributed by atoms with E-state index in [9.17, 15) is 0 Å². The Hall–Kier alpha value is 0.582. The molecular formula is C7H9Cl3CrN. The Morgan fingerprint density at radius 2 is 1.67 bits per heavy atom. The van der Waals surface area contributed by atoms with E-state index in [1.165, 1.54) is 0 Å². The van der Waals surface area contributed by atoms with E-state index < -0.39 is 9.46 Å². The van der Waals surface area contributed by atoms with E-state index in [1.54, 1.807) is 6.07 Å². The molecule has 0 atom stereocenters. The number of hydrogen-bond donors (Lipinski definition) is 1. The van der Waals surface area contributed by atoms with Crippen LogP contribution in [0.1, 0.15) is 5.56 Å². The second-order valence-electron chi connectivity index (χ2n) is 2.56. The second-order valence-corrected chi connectivity index (χ2v) is 15.6. The zero-order chi connectivity index (χ0) is 9.43. The number of benzene rings is 1. The van der Waals surface area contributed by atoms with Crippen LogP contribution in [-0.2, 0) is 9.46 Å². The van der Waals surface area contributed by atoms with Crippen molar-refractivity contribution in [2.75, 3.05) is 0 Å². The molecule has 0 saturated heterocycles. The van der Waals surface area contributed by atoms with E-state index in [4.69, 9.17) is 34.9 Å². The predicted octanol–water partition coefficient (Wildman–Crippen LogP) is 2.65. The Balaban J connectivity index is 3.30. The molecule has 0 saturated carbocycles. The molecule has 69 valence electrons. The number of aryl methyl sites for hydroxylation is 1. The molecule has 1 nitrogen and oxygen atoms in total. The zero-order valence-electron chi connectivity index (χ0n) is 6.43. The molecule has 12 heavy (non-hydrogen) atoms.